The van der Waals surface area contributed by atoms with Crippen molar-refractivity contribution in [3.63, 3.8) is 0 Å². The molecule has 1 fully saturated rings. The van der Waals surface area contributed by atoms with E-state index < -0.39 is 23.2 Å². The molecule has 4 rings (SSSR count). The Kier molecular flexibility index (Phi) is 8.57. The van der Waals surface area contributed by atoms with Crippen LogP contribution in [-0.2, 0) is 16.0 Å². The number of amides is 3. The van der Waals surface area contributed by atoms with Gasteiger partial charge in [0.15, 0.2) is 0 Å². The number of nitrogens with zero attached hydrogens (tertiary/aromatic N) is 2. The molecule has 2 heterocycles. The van der Waals surface area contributed by atoms with Gasteiger partial charge in [0.1, 0.15) is 22.7 Å². The van der Waals surface area contributed by atoms with E-state index in [0.717, 1.165) is 28.2 Å². The van der Waals surface area contributed by atoms with Crippen molar-refractivity contribution in [2.75, 3.05) is 20.3 Å². The summed E-state index contributed by atoms with van der Waals surface area (Å²) < 4.78 is 22.7. The zero-order valence-electron chi connectivity index (χ0n) is 25.4. The van der Waals surface area contributed by atoms with Gasteiger partial charge in [0.25, 0.3) is 5.91 Å². The van der Waals surface area contributed by atoms with Crippen LogP contribution in [0, 0.1) is 5.92 Å². The van der Waals surface area contributed by atoms with E-state index in [9.17, 15) is 14.4 Å². The van der Waals surface area contributed by atoms with E-state index in [2.05, 4.69) is 12.1 Å². The average Bonchev–Trinajstić information content (AvgIpc) is 3.21. The molecular formula is C32H42N2O7. The number of imide groups is 1. The van der Waals surface area contributed by atoms with Crippen LogP contribution in [0.4, 0.5) is 9.59 Å². The maximum Gasteiger partial charge on any atom is 0.417 e. The van der Waals surface area contributed by atoms with Crippen molar-refractivity contribution in [3.05, 3.63) is 59.2 Å². The lowest BCUT2D eigenvalue weighted by atomic mass is 9.76. The monoisotopic (exact) mass is 566 g/mol. The van der Waals surface area contributed by atoms with Crippen LogP contribution in [0.2, 0.25) is 0 Å². The van der Waals surface area contributed by atoms with E-state index in [1.165, 1.54) is 0 Å². The second-order valence-electron chi connectivity index (χ2n) is 12.7. The summed E-state index contributed by atoms with van der Waals surface area (Å²) >= 11 is 0. The molecule has 41 heavy (non-hydrogen) atoms. The zero-order chi connectivity index (χ0) is 30.1. The summed E-state index contributed by atoms with van der Waals surface area (Å²) in [6.07, 6.45) is -0.257. The van der Waals surface area contributed by atoms with Crippen molar-refractivity contribution in [2.24, 2.45) is 5.92 Å². The van der Waals surface area contributed by atoms with E-state index in [1.54, 1.807) is 38.8 Å². The van der Waals surface area contributed by atoms with E-state index in [4.69, 9.17) is 18.9 Å². The highest BCUT2D eigenvalue weighted by atomic mass is 16.6. The van der Waals surface area contributed by atoms with Crippen LogP contribution in [0.5, 0.6) is 11.5 Å². The first kappa shape index (κ1) is 30.2. The van der Waals surface area contributed by atoms with Gasteiger partial charge in [-0.05, 0) is 96.2 Å². The molecule has 2 aromatic carbocycles. The highest BCUT2D eigenvalue weighted by molar-refractivity contribution is 6.06. The van der Waals surface area contributed by atoms with E-state index >= 15 is 0 Å². The van der Waals surface area contributed by atoms with Crippen molar-refractivity contribution >= 4 is 18.1 Å². The highest BCUT2D eigenvalue weighted by Crippen LogP contribution is 2.39. The van der Waals surface area contributed by atoms with Crippen LogP contribution in [0.3, 0.4) is 0 Å². The molecule has 0 spiro atoms. The summed E-state index contributed by atoms with van der Waals surface area (Å²) in [5, 5.41) is 0. The summed E-state index contributed by atoms with van der Waals surface area (Å²) in [6, 6.07) is 13.2. The van der Waals surface area contributed by atoms with Gasteiger partial charge < -0.3 is 23.8 Å². The Bertz CT molecular complexity index is 1280. The third-order valence-electron chi connectivity index (χ3n) is 7.42. The van der Waals surface area contributed by atoms with Gasteiger partial charge in [0.05, 0.1) is 20.3 Å². The minimum absolute atomic E-state index is 0.0492. The Labute approximate surface area is 242 Å². The predicted octanol–water partition coefficient (Wildman–Crippen LogP) is 6.39. The number of hydrogen-bond acceptors (Lipinski definition) is 7. The molecular weight excluding hydrogens is 524 g/mol. The molecule has 0 aromatic heterocycles. The Morgan fingerprint density at radius 2 is 1.51 bits per heavy atom. The van der Waals surface area contributed by atoms with Gasteiger partial charge >= 0.3 is 12.2 Å². The number of methoxy groups -OCH3 is 1. The summed E-state index contributed by atoms with van der Waals surface area (Å²) in [5.41, 5.74) is 1.01. The Balaban J connectivity index is 1.53. The summed E-state index contributed by atoms with van der Waals surface area (Å²) in [5.74, 6) is 0.986. The van der Waals surface area contributed by atoms with Gasteiger partial charge in [-0.15, -0.1) is 0 Å². The highest BCUT2D eigenvalue weighted by Gasteiger charge is 2.41. The first-order valence-electron chi connectivity index (χ1n) is 14.1. The summed E-state index contributed by atoms with van der Waals surface area (Å²) in [6.45, 7) is 13.9. The quantitative estimate of drug-likeness (QED) is 0.414. The fourth-order valence-electron chi connectivity index (χ4n) is 5.39. The normalized spacial score (nSPS) is 20.9. The standard InChI is InChI=1S/C32H42N2O7/c1-20-27(19-39-24-14-11-22-18-34(28(35)26(22)17-24)30(37)41-32(5,6)7)25(21-9-12-23(38-8)13-10-21)15-16-33(20)29(36)40-31(2,3)4/h9-14,17,20,25,27H,15-16,18-19H2,1-8H3. The van der Waals surface area contributed by atoms with Gasteiger partial charge in [-0.2, -0.15) is 0 Å². The van der Waals surface area contributed by atoms with Crippen molar-refractivity contribution in [3.8, 4) is 11.5 Å². The number of carbonyl (C=O) groups is 3. The first-order chi connectivity index (χ1) is 19.2. The molecule has 1 saturated heterocycles. The Morgan fingerprint density at radius 3 is 2.12 bits per heavy atom. The fourth-order valence-corrected chi connectivity index (χ4v) is 5.39. The van der Waals surface area contributed by atoms with Crippen molar-refractivity contribution in [1.29, 1.82) is 0 Å². The average molecular weight is 567 g/mol. The lowest BCUT2D eigenvalue weighted by Gasteiger charge is -2.44. The van der Waals surface area contributed by atoms with Crippen molar-refractivity contribution < 1.29 is 33.3 Å². The van der Waals surface area contributed by atoms with Crippen molar-refractivity contribution in [2.45, 2.75) is 84.6 Å². The molecule has 3 amide bonds. The number of piperidine rings is 1. The van der Waals surface area contributed by atoms with E-state index in [1.807, 2.05) is 52.0 Å². The molecule has 0 saturated carbocycles. The number of rotatable bonds is 5. The van der Waals surface area contributed by atoms with E-state index in [0.29, 0.717) is 24.5 Å². The largest absolute Gasteiger partial charge is 0.497 e. The number of likely N-dealkylation sites (tertiary alicyclic amines) is 1. The van der Waals surface area contributed by atoms with Crippen LogP contribution in [0.15, 0.2) is 42.5 Å². The minimum Gasteiger partial charge on any atom is -0.497 e. The Morgan fingerprint density at radius 1 is 0.902 bits per heavy atom. The van der Waals surface area contributed by atoms with Crippen LogP contribution >= 0.6 is 0 Å². The third-order valence-corrected chi connectivity index (χ3v) is 7.42. The van der Waals surface area contributed by atoms with Crippen LogP contribution in [-0.4, -0.2) is 65.4 Å². The number of fused-ring (bicyclic) bond motifs is 1. The summed E-state index contributed by atoms with van der Waals surface area (Å²) in [7, 11) is 1.64. The molecule has 0 bridgehead atoms. The Hall–Kier alpha value is -3.75. The van der Waals surface area contributed by atoms with Crippen molar-refractivity contribution in [1.82, 2.24) is 9.80 Å². The third kappa shape index (κ3) is 7.13. The molecule has 9 heteroatoms. The number of hydrogen-bond donors (Lipinski definition) is 0. The number of carbonyl (C=O) groups excluding carboxylic acids is 3. The lowest BCUT2D eigenvalue weighted by molar-refractivity contribution is -0.00611. The number of benzene rings is 2. The first-order valence-corrected chi connectivity index (χ1v) is 14.1. The van der Waals surface area contributed by atoms with Crippen LogP contribution < -0.4 is 9.47 Å². The second-order valence-corrected chi connectivity index (χ2v) is 12.7. The molecule has 3 unspecified atom stereocenters. The molecule has 0 aliphatic carbocycles. The molecule has 2 aliphatic rings. The minimum atomic E-state index is -0.704. The maximum atomic E-state index is 13.1. The number of ether oxygens (including phenoxy) is 4. The van der Waals surface area contributed by atoms with E-state index in [-0.39, 0.29) is 30.5 Å². The molecule has 222 valence electrons. The molecule has 2 aliphatic heterocycles. The van der Waals surface area contributed by atoms with Gasteiger partial charge in [0, 0.05) is 24.1 Å². The molecule has 2 aromatic rings. The summed E-state index contributed by atoms with van der Waals surface area (Å²) in [4.78, 5) is 41.6. The molecule has 3 atom stereocenters. The van der Waals surface area contributed by atoms with Gasteiger partial charge in [-0.3, -0.25) is 4.79 Å². The topological polar surface area (TPSA) is 94.6 Å². The predicted molar refractivity (Wildman–Crippen MR) is 154 cm³/mol. The fraction of sp³-hybridized carbons (Fsp3) is 0.531. The second kappa shape index (κ2) is 11.6. The van der Waals surface area contributed by atoms with Gasteiger partial charge in [0.2, 0.25) is 0 Å². The SMILES string of the molecule is COc1ccc(C2CCN(C(=O)OC(C)(C)C)C(C)C2COc2ccc3c(c2)C(=O)N(C(=O)OC(C)(C)C)C3)cc1. The molecule has 9 nitrogen and oxygen atoms in total. The smallest absolute Gasteiger partial charge is 0.417 e. The van der Waals surface area contributed by atoms with Crippen LogP contribution in [0.25, 0.3) is 0 Å². The lowest BCUT2D eigenvalue weighted by Crippen LogP contribution is -2.52. The van der Waals surface area contributed by atoms with Crippen LogP contribution in [0.1, 0.15) is 82.3 Å². The zero-order valence-corrected chi connectivity index (χ0v) is 25.4. The molecule has 0 N–H and O–H groups in total. The molecule has 0 radical (unpaired) electrons. The van der Waals surface area contributed by atoms with Gasteiger partial charge in [-0.25, -0.2) is 14.5 Å². The van der Waals surface area contributed by atoms with Gasteiger partial charge in [-0.1, -0.05) is 18.2 Å². The maximum absolute atomic E-state index is 13.1.